The number of thiophene rings is 1. The number of carbonyl (C=O) groups excluding carboxylic acids is 1. The van der Waals surface area contributed by atoms with Crippen molar-refractivity contribution in [3.63, 3.8) is 0 Å². The van der Waals surface area contributed by atoms with E-state index in [1.807, 2.05) is 13.1 Å². The van der Waals surface area contributed by atoms with Crippen LogP contribution in [0.4, 0.5) is 0 Å². The standard InChI is InChI=1S/C17H21N3O3S2/c1-19-9-11-20(12-10-19)17(21)16(14-6-3-2-4-7-14)18-25(22,23)15-8-5-13-24-15/h2-8,13,16,18H,9-12H2,1H3/t16-/m0/s1. The molecule has 1 aromatic heterocycles. The predicted molar refractivity (Wildman–Crippen MR) is 97.9 cm³/mol. The lowest BCUT2D eigenvalue weighted by Gasteiger charge is -2.34. The molecule has 25 heavy (non-hydrogen) atoms. The van der Waals surface area contributed by atoms with Crippen LogP contribution in [0.2, 0.25) is 0 Å². The number of benzene rings is 1. The summed E-state index contributed by atoms with van der Waals surface area (Å²) in [5.41, 5.74) is 0.645. The molecule has 1 fully saturated rings. The lowest BCUT2D eigenvalue weighted by atomic mass is 10.1. The quantitative estimate of drug-likeness (QED) is 0.856. The van der Waals surface area contributed by atoms with Gasteiger partial charge in [-0.05, 0) is 24.1 Å². The molecule has 1 atom stereocenters. The van der Waals surface area contributed by atoms with Gasteiger partial charge in [0, 0.05) is 26.2 Å². The molecule has 1 amide bonds. The highest BCUT2D eigenvalue weighted by Crippen LogP contribution is 2.22. The van der Waals surface area contributed by atoms with Crippen molar-refractivity contribution < 1.29 is 13.2 Å². The van der Waals surface area contributed by atoms with Crippen molar-refractivity contribution in [2.24, 2.45) is 0 Å². The highest BCUT2D eigenvalue weighted by atomic mass is 32.2. The van der Waals surface area contributed by atoms with E-state index in [1.165, 1.54) is 6.07 Å². The number of carbonyl (C=O) groups is 1. The van der Waals surface area contributed by atoms with E-state index in [2.05, 4.69) is 9.62 Å². The minimum absolute atomic E-state index is 0.208. The van der Waals surface area contributed by atoms with Gasteiger partial charge in [0.15, 0.2) is 0 Å². The van der Waals surface area contributed by atoms with Crippen LogP contribution in [0.1, 0.15) is 11.6 Å². The molecule has 0 saturated carbocycles. The highest BCUT2D eigenvalue weighted by molar-refractivity contribution is 7.91. The highest BCUT2D eigenvalue weighted by Gasteiger charge is 2.32. The average molecular weight is 380 g/mol. The molecule has 2 heterocycles. The number of likely N-dealkylation sites (N-methyl/N-ethyl adjacent to an activating group) is 1. The Morgan fingerprint density at radius 3 is 2.36 bits per heavy atom. The maximum atomic E-state index is 13.0. The zero-order valence-electron chi connectivity index (χ0n) is 14.0. The minimum atomic E-state index is -3.75. The Morgan fingerprint density at radius 2 is 1.76 bits per heavy atom. The SMILES string of the molecule is CN1CCN(C(=O)[C@@H](NS(=O)(=O)c2cccs2)c2ccccc2)CC1. The molecule has 0 radical (unpaired) electrons. The summed E-state index contributed by atoms with van der Waals surface area (Å²) >= 11 is 1.13. The first kappa shape index (κ1) is 18.1. The van der Waals surface area contributed by atoms with Gasteiger partial charge in [0.25, 0.3) is 10.0 Å². The van der Waals surface area contributed by atoms with Gasteiger partial charge in [-0.15, -0.1) is 11.3 Å². The van der Waals surface area contributed by atoms with E-state index in [9.17, 15) is 13.2 Å². The number of hydrogen-bond acceptors (Lipinski definition) is 5. The summed E-state index contributed by atoms with van der Waals surface area (Å²) in [6, 6.07) is 11.3. The van der Waals surface area contributed by atoms with Gasteiger partial charge in [-0.2, -0.15) is 4.72 Å². The summed E-state index contributed by atoms with van der Waals surface area (Å²) in [5.74, 6) is -0.209. The predicted octanol–water partition coefficient (Wildman–Crippen LogP) is 1.54. The number of piperazine rings is 1. The molecule has 1 aromatic carbocycles. The third kappa shape index (κ3) is 4.27. The molecule has 8 heteroatoms. The van der Waals surface area contributed by atoms with Crippen molar-refractivity contribution in [1.29, 1.82) is 0 Å². The summed E-state index contributed by atoms with van der Waals surface area (Å²) in [4.78, 5) is 16.9. The largest absolute Gasteiger partial charge is 0.338 e. The fourth-order valence-corrected chi connectivity index (χ4v) is 4.93. The van der Waals surface area contributed by atoms with E-state index in [-0.39, 0.29) is 10.1 Å². The number of hydrogen-bond donors (Lipinski definition) is 1. The molecule has 1 saturated heterocycles. The second-order valence-corrected chi connectivity index (χ2v) is 8.91. The first-order valence-corrected chi connectivity index (χ1v) is 10.4. The summed E-state index contributed by atoms with van der Waals surface area (Å²) in [6.45, 7) is 2.76. The summed E-state index contributed by atoms with van der Waals surface area (Å²) in [5, 5.41) is 1.70. The Balaban J connectivity index is 1.87. The van der Waals surface area contributed by atoms with E-state index >= 15 is 0 Å². The molecule has 6 nitrogen and oxygen atoms in total. The van der Waals surface area contributed by atoms with Gasteiger partial charge in [0.1, 0.15) is 10.3 Å². The van der Waals surface area contributed by atoms with Crippen LogP contribution >= 0.6 is 11.3 Å². The molecule has 0 unspecified atom stereocenters. The smallest absolute Gasteiger partial charge is 0.251 e. The van der Waals surface area contributed by atoms with Crippen LogP contribution in [0.15, 0.2) is 52.1 Å². The van der Waals surface area contributed by atoms with Gasteiger partial charge in [-0.25, -0.2) is 8.42 Å². The molecule has 0 spiro atoms. The van der Waals surface area contributed by atoms with Crippen molar-refractivity contribution >= 4 is 27.3 Å². The zero-order valence-corrected chi connectivity index (χ0v) is 15.6. The van der Waals surface area contributed by atoms with E-state index in [1.54, 1.807) is 40.6 Å². The molecule has 1 aliphatic rings. The fraction of sp³-hybridized carbons (Fsp3) is 0.353. The third-order valence-electron chi connectivity index (χ3n) is 4.23. The number of amides is 1. The molecule has 1 aliphatic heterocycles. The van der Waals surface area contributed by atoms with Crippen LogP contribution in [0.3, 0.4) is 0 Å². The summed E-state index contributed by atoms with van der Waals surface area (Å²) in [7, 11) is -1.74. The number of rotatable bonds is 5. The Kier molecular flexibility index (Phi) is 5.53. The monoisotopic (exact) mass is 379 g/mol. The Bertz CT molecular complexity index is 799. The third-order valence-corrected chi connectivity index (χ3v) is 7.05. The topological polar surface area (TPSA) is 69.7 Å². The van der Waals surface area contributed by atoms with Gasteiger partial charge in [0.05, 0.1) is 0 Å². The van der Waals surface area contributed by atoms with Gasteiger partial charge in [0.2, 0.25) is 5.91 Å². The van der Waals surface area contributed by atoms with E-state index < -0.39 is 16.1 Å². The summed E-state index contributed by atoms with van der Waals surface area (Å²) < 4.78 is 28.1. The van der Waals surface area contributed by atoms with Crippen LogP contribution in [-0.4, -0.2) is 57.4 Å². The van der Waals surface area contributed by atoms with Crippen LogP contribution in [0.25, 0.3) is 0 Å². The van der Waals surface area contributed by atoms with Gasteiger partial charge < -0.3 is 9.80 Å². The minimum Gasteiger partial charge on any atom is -0.338 e. The molecular formula is C17H21N3O3S2. The molecule has 1 N–H and O–H groups in total. The Morgan fingerprint density at radius 1 is 1.08 bits per heavy atom. The number of nitrogens with zero attached hydrogens (tertiary/aromatic N) is 2. The Labute approximate surface area is 152 Å². The molecule has 0 bridgehead atoms. The van der Waals surface area contributed by atoms with Crippen LogP contribution in [-0.2, 0) is 14.8 Å². The fourth-order valence-electron chi connectivity index (χ4n) is 2.75. The van der Waals surface area contributed by atoms with Crippen LogP contribution in [0, 0.1) is 0 Å². The summed E-state index contributed by atoms with van der Waals surface area (Å²) in [6.07, 6.45) is 0. The van der Waals surface area contributed by atoms with Gasteiger partial charge >= 0.3 is 0 Å². The van der Waals surface area contributed by atoms with Crippen LogP contribution < -0.4 is 4.72 Å². The van der Waals surface area contributed by atoms with Crippen LogP contribution in [0.5, 0.6) is 0 Å². The normalized spacial score (nSPS) is 17.4. The average Bonchev–Trinajstić information content (AvgIpc) is 3.16. The molecule has 0 aliphatic carbocycles. The lowest BCUT2D eigenvalue weighted by Crippen LogP contribution is -2.51. The molecular weight excluding hydrogens is 358 g/mol. The second kappa shape index (κ2) is 7.65. The molecule has 2 aromatic rings. The van der Waals surface area contributed by atoms with E-state index in [0.29, 0.717) is 18.7 Å². The maximum Gasteiger partial charge on any atom is 0.251 e. The first-order chi connectivity index (χ1) is 12.0. The maximum absolute atomic E-state index is 13.0. The van der Waals surface area contributed by atoms with Gasteiger partial charge in [-0.1, -0.05) is 36.4 Å². The van der Waals surface area contributed by atoms with E-state index in [4.69, 9.17) is 0 Å². The second-order valence-electron chi connectivity index (χ2n) is 6.03. The van der Waals surface area contributed by atoms with Crippen molar-refractivity contribution in [2.75, 3.05) is 33.2 Å². The van der Waals surface area contributed by atoms with Gasteiger partial charge in [-0.3, -0.25) is 4.79 Å². The van der Waals surface area contributed by atoms with E-state index in [0.717, 1.165) is 24.4 Å². The van der Waals surface area contributed by atoms with Crippen molar-refractivity contribution in [2.45, 2.75) is 10.3 Å². The van der Waals surface area contributed by atoms with Crippen molar-refractivity contribution in [1.82, 2.24) is 14.5 Å². The van der Waals surface area contributed by atoms with Crippen molar-refractivity contribution in [3.8, 4) is 0 Å². The molecule has 3 rings (SSSR count). The number of nitrogens with one attached hydrogen (secondary N) is 1. The Hall–Kier alpha value is -1.74. The zero-order chi connectivity index (χ0) is 17.9. The lowest BCUT2D eigenvalue weighted by molar-refractivity contribution is -0.134. The number of sulfonamides is 1. The van der Waals surface area contributed by atoms with Crippen molar-refractivity contribution in [3.05, 3.63) is 53.4 Å². The molecule has 134 valence electrons. The first-order valence-electron chi connectivity index (χ1n) is 8.05.